The van der Waals surface area contributed by atoms with Crippen LogP contribution in [0.3, 0.4) is 0 Å². The predicted octanol–water partition coefficient (Wildman–Crippen LogP) is 1.60. The van der Waals surface area contributed by atoms with E-state index in [0.717, 1.165) is 19.1 Å². The standard InChI is InChI=1S/C15H21FN2O3S/c1-17(11-12-6-5-7-13(16)10-12)15(19)14-8-3-4-9-18(14)22(2,20)21/h5-7,10,14H,3-4,8-9,11H2,1-2H3/t14-/m1/s1. The lowest BCUT2D eigenvalue weighted by Crippen LogP contribution is -2.51. The van der Waals surface area contributed by atoms with E-state index in [0.29, 0.717) is 18.5 Å². The molecule has 1 atom stereocenters. The van der Waals surface area contributed by atoms with Gasteiger partial charge in [0.25, 0.3) is 0 Å². The number of rotatable bonds is 4. The molecule has 1 aromatic rings. The molecule has 0 spiro atoms. The van der Waals surface area contributed by atoms with E-state index < -0.39 is 16.1 Å². The van der Waals surface area contributed by atoms with E-state index in [1.54, 1.807) is 19.2 Å². The molecule has 0 radical (unpaired) electrons. The number of carbonyl (C=O) groups excluding carboxylic acids is 1. The van der Waals surface area contributed by atoms with Gasteiger partial charge in [-0.15, -0.1) is 0 Å². The van der Waals surface area contributed by atoms with Crippen LogP contribution in [0.2, 0.25) is 0 Å². The molecule has 1 heterocycles. The van der Waals surface area contributed by atoms with Crippen LogP contribution in [0.4, 0.5) is 4.39 Å². The highest BCUT2D eigenvalue weighted by Crippen LogP contribution is 2.22. The fourth-order valence-corrected chi connectivity index (χ4v) is 3.91. The van der Waals surface area contributed by atoms with Crippen molar-refractivity contribution in [2.45, 2.75) is 31.8 Å². The number of piperidine rings is 1. The number of halogens is 1. The van der Waals surface area contributed by atoms with Crippen molar-refractivity contribution in [1.29, 1.82) is 0 Å². The molecule has 1 aliphatic heterocycles. The summed E-state index contributed by atoms with van der Waals surface area (Å²) in [6, 6.07) is 5.40. The molecular weight excluding hydrogens is 307 g/mol. The van der Waals surface area contributed by atoms with Crippen LogP contribution in [0.5, 0.6) is 0 Å². The van der Waals surface area contributed by atoms with Crippen LogP contribution in [0.15, 0.2) is 24.3 Å². The first-order valence-electron chi connectivity index (χ1n) is 7.25. The van der Waals surface area contributed by atoms with Crippen LogP contribution in [0.25, 0.3) is 0 Å². The Morgan fingerprint density at radius 1 is 1.41 bits per heavy atom. The SMILES string of the molecule is CN(Cc1cccc(F)c1)C(=O)[C@H]1CCCCN1S(C)(=O)=O. The zero-order valence-electron chi connectivity index (χ0n) is 12.8. The Morgan fingerprint density at radius 2 is 2.14 bits per heavy atom. The smallest absolute Gasteiger partial charge is 0.241 e. The number of nitrogens with zero attached hydrogens (tertiary/aromatic N) is 2. The van der Waals surface area contributed by atoms with Gasteiger partial charge in [-0.05, 0) is 30.5 Å². The van der Waals surface area contributed by atoms with Crippen molar-refractivity contribution in [1.82, 2.24) is 9.21 Å². The van der Waals surface area contributed by atoms with Crippen LogP contribution < -0.4 is 0 Å². The molecule has 122 valence electrons. The van der Waals surface area contributed by atoms with Gasteiger partial charge in [0.05, 0.1) is 6.26 Å². The molecule has 22 heavy (non-hydrogen) atoms. The van der Waals surface area contributed by atoms with E-state index >= 15 is 0 Å². The molecule has 0 N–H and O–H groups in total. The van der Waals surface area contributed by atoms with Crippen LogP contribution >= 0.6 is 0 Å². The average Bonchev–Trinajstić information content (AvgIpc) is 2.45. The van der Waals surface area contributed by atoms with Crippen molar-refractivity contribution >= 4 is 15.9 Å². The summed E-state index contributed by atoms with van der Waals surface area (Å²) in [6.45, 7) is 0.633. The third-order valence-corrected chi connectivity index (χ3v) is 5.14. The van der Waals surface area contributed by atoms with Crippen LogP contribution in [-0.2, 0) is 21.4 Å². The Hall–Kier alpha value is -1.47. The van der Waals surface area contributed by atoms with Crippen molar-refractivity contribution in [2.24, 2.45) is 0 Å². The summed E-state index contributed by atoms with van der Waals surface area (Å²) in [4.78, 5) is 14.0. The van der Waals surface area contributed by atoms with Gasteiger partial charge in [-0.25, -0.2) is 12.8 Å². The summed E-state index contributed by atoms with van der Waals surface area (Å²) in [7, 11) is -1.79. The van der Waals surface area contributed by atoms with Crippen molar-refractivity contribution in [3.63, 3.8) is 0 Å². The number of sulfonamides is 1. The summed E-state index contributed by atoms with van der Waals surface area (Å²) >= 11 is 0. The Morgan fingerprint density at radius 3 is 2.77 bits per heavy atom. The molecule has 0 bridgehead atoms. The second kappa shape index (κ2) is 6.75. The third-order valence-electron chi connectivity index (χ3n) is 3.85. The van der Waals surface area contributed by atoms with Gasteiger partial charge < -0.3 is 4.90 Å². The normalized spacial score (nSPS) is 19.9. The zero-order valence-corrected chi connectivity index (χ0v) is 13.6. The predicted molar refractivity (Wildman–Crippen MR) is 82.1 cm³/mol. The van der Waals surface area contributed by atoms with Crippen molar-refractivity contribution < 1.29 is 17.6 Å². The van der Waals surface area contributed by atoms with Crippen LogP contribution in [0.1, 0.15) is 24.8 Å². The number of likely N-dealkylation sites (N-methyl/N-ethyl adjacent to an activating group) is 1. The molecule has 0 aromatic heterocycles. The van der Waals surface area contributed by atoms with Gasteiger partial charge in [0.1, 0.15) is 11.9 Å². The van der Waals surface area contributed by atoms with E-state index in [9.17, 15) is 17.6 Å². The first-order chi connectivity index (χ1) is 10.3. The number of hydrogen-bond donors (Lipinski definition) is 0. The van der Waals surface area contributed by atoms with Gasteiger partial charge in [0.15, 0.2) is 0 Å². The maximum atomic E-state index is 13.2. The monoisotopic (exact) mass is 328 g/mol. The first-order valence-corrected chi connectivity index (χ1v) is 9.10. The van der Waals surface area contributed by atoms with Gasteiger partial charge in [0.2, 0.25) is 15.9 Å². The highest BCUT2D eigenvalue weighted by molar-refractivity contribution is 7.88. The lowest BCUT2D eigenvalue weighted by atomic mass is 10.0. The van der Waals surface area contributed by atoms with Gasteiger partial charge in [-0.2, -0.15) is 4.31 Å². The van der Waals surface area contributed by atoms with Crippen molar-refractivity contribution in [2.75, 3.05) is 19.8 Å². The fourth-order valence-electron chi connectivity index (χ4n) is 2.79. The minimum absolute atomic E-state index is 0.241. The molecule has 1 saturated heterocycles. The topological polar surface area (TPSA) is 57.7 Å². The molecule has 0 aliphatic carbocycles. The molecule has 1 aliphatic rings. The first kappa shape index (κ1) is 16.9. The number of benzene rings is 1. The average molecular weight is 328 g/mol. The van der Waals surface area contributed by atoms with Crippen molar-refractivity contribution in [3.05, 3.63) is 35.6 Å². The molecule has 0 saturated carbocycles. The van der Waals surface area contributed by atoms with Crippen LogP contribution in [0, 0.1) is 5.82 Å². The number of hydrogen-bond acceptors (Lipinski definition) is 3. The second-order valence-corrected chi connectivity index (χ2v) is 7.64. The van der Waals surface area contributed by atoms with Gasteiger partial charge in [-0.3, -0.25) is 4.79 Å². The van der Waals surface area contributed by atoms with E-state index in [2.05, 4.69) is 0 Å². The summed E-state index contributed by atoms with van der Waals surface area (Å²) in [5.41, 5.74) is 0.678. The van der Waals surface area contributed by atoms with E-state index in [1.165, 1.54) is 21.3 Å². The van der Waals surface area contributed by atoms with E-state index in [4.69, 9.17) is 0 Å². The Bertz CT molecular complexity index is 648. The zero-order chi connectivity index (χ0) is 16.3. The lowest BCUT2D eigenvalue weighted by Gasteiger charge is -2.35. The molecular formula is C15H21FN2O3S. The molecule has 5 nitrogen and oxygen atoms in total. The summed E-state index contributed by atoms with van der Waals surface area (Å²) < 4.78 is 38.1. The number of carbonyl (C=O) groups is 1. The van der Waals surface area contributed by atoms with Gasteiger partial charge in [-0.1, -0.05) is 18.6 Å². The Balaban J connectivity index is 2.11. The molecule has 1 aromatic carbocycles. The van der Waals surface area contributed by atoms with Gasteiger partial charge in [0, 0.05) is 20.1 Å². The third kappa shape index (κ3) is 4.04. The van der Waals surface area contributed by atoms with Gasteiger partial charge >= 0.3 is 0 Å². The minimum Gasteiger partial charge on any atom is -0.340 e. The highest BCUT2D eigenvalue weighted by Gasteiger charge is 2.35. The molecule has 2 rings (SSSR count). The fraction of sp³-hybridized carbons (Fsp3) is 0.533. The van der Waals surface area contributed by atoms with Crippen molar-refractivity contribution in [3.8, 4) is 0 Å². The van der Waals surface area contributed by atoms with Crippen LogP contribution in [-0.4, -0.2) is 49.4 Å². The Labute approximate surface area is 130 Å². The molecule has 1 amide bonds. The van der Waals surface area contributed by atoms with E-state index in [1.807, 2.05) is 0 Å². The maximum absolute atomic E-state index is 13.2. The number of amides is 1. The quantitative estimate of drug-likeness (QED) is 0.843. The highest BCUT2D eigenvalue weighted by atomic mass is 32.2. The summed E-state index contributed by atoms with van der Waals surface area (Å²) in [5, 5.41) is 0. The summed E-state index contributed by atoms with van der Waals surface area (Å²) in [5.74, 6) is -0.594. The summed E-state index contributed by atoms with van der Waals surface area (Å²) in [6.07, 6.45) is 3.26. The second-order valence-electron chi connectivity index (χ2n) is 5.71. The molecule has 1 fully saturated rings. The van der Waals surface area contributed by atoms with E-state index in [-0.39, 0.29) is 18.3 Å². The maximum Gasteiger partial charge on any atom is 0.241 e. The molecule has 7 heteroatoms. The Kier molecular flexibility index (Phi) is 5.18. The molecule has 0 unspecified atom stereocenters. The largest absolute Gasteiger partial charge is 0.340 e. The minimum atomic E-state index is -3.41. The lowest BCUT2D eigenvalue weighted by molar-refractivity contribution is -0.135.